The predicted octanol–water partition coefficient (Wildman–Crippen LogP) is 0.767. The zero-order chi connectivity index (χ0) is 13.2. The second kappa shape index (κ2) is 5.03. The molecule has 0 fully saturated rings. The SMILES string of the molecule is Cc1cc(N(C)C)cc(C)[n+]1OC(=O)N(C)C. The van der Waals surface area contributed by atoms with Gasteiger partial charge < -0.3 is 9.80 Å². The summed E-state index contributed by atoms with van der Waals surface area (Å²) in [5.74, 6) is 0. The molecule has 0 aliphatic rings. The van der Waals surface area contributed by atoms with E-state index in [1.54, 1.807) is 14.1 Å². The first-order valence-corrected chi connectivity index (χ1v) is 5.43. The number of aryl methyl sites for hydroxylation is 2. The van der Waals surface area contributed by atoms with Crippen LogP contribution >= 0.6 is 0 Å². The first kappa shape index (κ1) is 13.3. The maximum absolute atomic E-state index is 11.5. The summed E-state index contributed by atoms with van der Waals surface area (Å²) >= 11 is 0. The van der Waals surface area contributed by atoms with Gasteiger partial charge in [0.2, 0.25) is 11.4 Å². The van der Waals surface area contributed by atoms with Crippen molar-refractivity contribution in [1.29, 1.82) is 0 Å². The number of carbonyl (C=O) groups excluding carboxylic acids is 1. The van der Waals surface area contributed by atoms with Crippen molar-refractivity contribution >= 4 is 11.8 Å². The largest absolute Gasteiger partial charge is 0.477 e. The molecular formula is C12H20N3O2+. The van der Waals surface area contributed by atoms with Crippen molar-refractivity contribution in [2.75, 3.05) is 33.1 Å². The molecule has 1 aromatic heterocycles. The Hall–Kier alpha value is -1.78. The van der Waals surface area contributed by atoms with Crippen molar-refractivity contribution in [3.63, 3.8) is 0 Å². The third kappa shape index (κ3) is 3.09. The van der Waals surface area contributed by atoms with Gasteiger partial charge in [-0.05, 0) is 0 Å². The first-order chi connectivity index (χ1) is 7.82. The van der Waals surface area contributed by atoms with Crippen molar-refractivity contribution in [1.82, 2.24) is 4.90 Å². The number of anilines is 1. The van der Waals surface area contributed by atoms with Gasteiger partial charge in [-0.2, -0.15) is 4.84 Å². The number of rotatable bonds is 2. The van der Waals surface area contributed by atoms with Gasteiger partial charge in [0.15, 0.2) is 0 Å². The Morgan fingerprint density at radius 1 is 1.12 bits per heavy atom. The van der Waals surface area contributed by atoms with Crippen molar-refractivity contribution < 1.29 is 14.4 Å². The normalized spacial score (nSPS) is 10.0. The molecule has 5 heteroatoms. The average molecular weight is 238 g/mol. The number of carbonyl (C=O) groups is 1. The number of pyridine rings is 1. The van der Waals surface area contributed by atoms with E-state index in [9.17, 15) is 4.79 Å². The molecule has 1 rings (SSSR count). The number of nitrogens with zero attached hydrogens (tertiary/aromatic N) is 3. The minimum Gasteiger partial charge on any atom is -0.377 e. The van der Waals surface area contributed by atoms with Crippen LogP contribution in [0.15, 0.2) is 12.1 Å². The third-order valence-corrected chi connectivity index (χ3v) is 2.41. The minimum atomic E-state index is -0.390. The molecule has 0 spiro atoms. The van der Waals surface area contributed by atoms with Crippen LogP contribution in [0.5, 0.6) is 0 Å². The van der Waals surface area contributed by atoms with Crippen LogP contribution in [0.2, 0.25) is 0 Å². The molecule has 0 saturated carbocycles. The van der Waals surface area contributed by atoms with Crippen LogP contribution in [0.25, 0.3) is 0 Å². The third-order valence-electron chi connectivity index (χ3n) is 2.41. The highest BCUT2D eigenvalue weighted by Gasteiger charge is 2.20. The zero-order valence-electron chi connectivity index (χ0n) is 11.3. The lowest BCUT2D eigenvalue weighted by Gasteiger charge is -2.13. The lowest BCUT2D eigenvalue weighted by Crippen LogP contribution is -2.53. The van der Waals surface area contributed by atoms with Crippen LogP contribution in [-0.4, -0.2) is 39.2 Å². The Morgan fingerprint density at radius 3 is 1.94 bits per heavy atom. The molecule has 94 valence electrons. The van der Waals surface area contributed by atoms with Crippen LogP contribution in [0.3, 0.4) is 0 Å². The van der Waals surface area contributed by atoms with Crippen molar-refractivity contribution in [3.8, 4) is 0 Å². The summed E-state index contributed by atoms with van der Waals surface area (Å²) in [6.07, 6.45) is -0.390. The molecule has 5 nitrogen and oxygen atoms in total. The van der Waals surface area contributed by atoms with Crippen molar-refractivity contribution in [3.05, 3.63) is 23.5 Å². The molecule has 0 saturated heterocycles. The maximum atomic E-state index is 11.5. The smallest absolute Gasteiger partial charge is 0.377 e. The topological polar surface area (TPSA) is 36.7 Å². The second-order valence-electron chi connectivity index (χ2n) is 4.44. The summed E-state index contributed by atoms with van der Waals surface area (Å²) in [6.45, 7) is 3.81. The molecule has 17 heavy (non-hydrogen) atoms. The molecule has 1 aromatic rings. The standard InChI is InChI=1S/C12H20N3O2/c1-9-7-11(13(3)4)8-10(2)15(9)17-12(16)14(5)6/h7-8H,1-6H3/q+1. The molecule has 1 heterocycles. The molecule has 0 unspecified atom stereocenters. The molecule has 0 aromatic carbocycles. The quantitative estimate of drug-likeness (QED) is 0.714. The van der Waals surface area contributed by atoms with Gasteiger partial charge in [-0.25, -0.2) is 4.79 Å². The Morgan fingerprint density at radius 2 is 1.59 bits per heavy atom. The highest BCUT2D eigenvalue weighted by Crippen LogP contribution is 2.11. The van der Waals surface area contributed by atoms with Crippen LogP contribution in [-0.2, 0) is 0 Å². The van der Waals surface area contributed by atoms with Crippen molar-refractivity contribution in [2.24, 2.45) is 0 Å². The molecule has 0 aliphatic heterocycles. The zero-order valence-corrected chi connectivity index (χ0v) is 11.3. The number of amides is 1. The Labute approximate surface area is 102 Å². The monoisotopic (exact) mass is 238 g/mol. The van der Waals surface area contributed by atoms with Gasteiger partial charge in [-0.15, -0.1) is 0 Å². The molecule has 0 aliphatic carbocycles. The average Bonchev–Trinajstić information content (AvgIpc) is 2.22. The summed E-state index contributed by atoms with van der Waals surface area (Å²) in [6, 6.07) is 3.94. The second-order valence-corrected chi connectivity index (χ2v) is 4.44. The van der Waals surface area contributed by atoms with Gasteiger partial charge in [0.25, 0.3) is 0 Å². The number of hydrogen-bond acceptors (Lipinski definition) is 3. The highest BCUT2D eigenvalue weighted by molar-refractivity contribution is 5.66. The van der Waals surface area contributed by atoms with Crippen LogP contribution in [0, 0.1) is 13.8 Å². The molecular weight excluding hydrogens is 218 g/mol. The van der Waals surface area contributed by atoms with E-state index in [2.05, 4.69) is 0 Å². The van der Waals surface area contributed by atoms with Gasteiger partial charge in [0, 0.05) is 64.6 Å². The Balaban J connectivity index is 3.06. The number of hydrogen-bond donors (Lipinski definition) is 0. The van der Waals surface area contributed by atoms with Gasteiger partial charge in [0.1, 0.15) is 0 Å². The molecule has 0 atom stereocenters. The van der Waals surface area contributed by atoms with Gasteiger partial charge >= 0.3 is 6.09 Å². The summed E-state index contributed by atoms with van der Waals surface area (Å²) < 4.78 is 1.54. The van der Waals surface area contributed by atoms with Gasteiger partial charge in [-0.1, -0.05) is 0 Å². The first-order valence-electron chi connectivity index (χ1n) is 5.43. The van der Waals surface area contributed by atoms with E-state index >= 15 is 0 Å². The van der Waals surface area contributed by atoms with E-state index in [1.165, 1.54) is 9.63 Å². The molecule has 0 N–H and O–H groups in total. The van der Waals surface area contributed by atoms with Crippen LogP contribution in [0.4, 0.5) is 10.5 Å². The molecule has 0 bridgehead atoms. The van der Waals surface area contributed by atoms with E-state index in [0.29, 0.717) is 0 Å². The molecule has 0 radical (unpaired) electrons. The summed E-state index contributed by atoms with van der Waals surface area (Å²) in [4.78, 5) is 20.2. The Kier molecular flexibility index (Phi) is 3.93. The summed E-state index contributed by atoms with van der Waals surface area (Å²) in [5.41, 5.74) is 2.84. The van der Waals surface area contributed by atoms with Gasteiger partial charge in [0.05, 0.1) is 0 Å². The maximum Gasteiger partial charge on any atom is 0.477 e. The van der Waals surface area contributed by atoms with Gasteiger partial charge in [-0.3, -0.25) is 0 Å². The fourth-order valence-electron chi connectivity index (χ4n) is 1.43. The lowest BCUT2D eigenvalue weighted by molar-refractivity contribution is -0.877. The predicted molar refractivity (Wildman–Crippen MR) is 66.1 cm³/mol. The van der Waals surface area contributed by atoms with Crippen molar-refractivity contribution in [2.45, 2.75) is 13.8 Å². The minimum absolute atomic E-state index is 0.390. The molecule has 1 amide bonds. The summed E-state index contributed by atoms with van der Waals surface area (Å²) in [7, 11) is 7.26. The lowest BCUT2D eigenvalue weighted by atomic mass is 10.2. The van der Waals surface area contributed by atoms with Crippen LogP contribution < -0.4 is 14.5 Å². The summed E-state index contributed by atoms with van der Waals surface area (Å²) in [5, 5.41) is 0. The highest BCUT2D eigenvalue weighted by atomic mass is 16.7. The van der Waals surface area contributed by atoms with E-state index in [4.69, 9.17) is 4.84 Å². The van der Waals surface area contributed by atoms with E-state index in [1.807, 2.05) is 45.0 Å². The fraction of sp³-hybridized carbons (Fsp3) is 0.500. The van der Waals surface area contributed by atoms with Crippen LogP contribution in [0.1, 0.15) is 11.4 Å². The fourth-order valence-corrected chi connectivity index (χ4v) is 1.43. The van der Waals surface area contributed by atoms with E-state index < -0.39 is 0 Å². The Bertz CT molecular complexity index is 405. The number of aromatic nitrogens is 1. The van der Waals surface area contributed by atoms with E-state index in [0.717, 1.165) is 17.1 Å². The van der Waals surface area contributed by atoms with E-state index in [-0.39, 0.29) is 6.09 Å².